The first-order valence-electron chi connectivity index (χ1n) is 13.1. The molecule has 3 aliphatic heterocycles. The third-order valence-electron chi connectivity index (χ3n) is 8.62. The van der Waals surface area contributed by atoms with E-state index in [2.05, 4.69) is 106 Å². The van der Waals surface area contributed by atoms with Crippen molar-refractivity contribution < 1.29 is 0 Å². The highest BCUT2D eigenvalue weighted by molar-refractivity contribution is 5.67. The maximum atomic E-state index is 4.54. The lowest BCUT2D eigenvalue weighted by molar-refractivity contribution is 0.121. The third kappa shape index (κ3) is 3.96. The van der Waals surface area contributed by atoms with Gasteiger partial charge in [0, 0.05) is 64.0 Å². The Bertz CT molecular complexity index is 1170. The first-order chi connectivity index (χ1) is 17.1. The van der Waals surface area contributed by atoms with E-state index in [0.717, 1.165) is 63.6 Å². The predicted octanol–water partition coefficient (Wildman–Crippen LogP) is 3.34. The van der Waals surface area contributed by atoms with Crippen molar-refractivity contribution in [3.05, 3.63) is 71.5 Å². The molecule has 2 aromatic carbocycles. The summed E-state index contributed by atoms with van der Waals surface area (Å²) < 4.78 is 1.97. The zero-order chi connectivity index (χ0) is 24.0. The maximum Gasteiger partial charge on any atom is 0.0971 e. The fourth-order valence-corrected chi connectivity index (χ4v) is 6.72. The molecule has 0 unspecified atom stereocenters. The Hall–Kier alpha value is -2.74. The Kier molecular flexibility index (Phi) is 5.87. The Morgan fingerprint density at radius 3 is 2.40 bits per heavy atom. The van der Waals surface area contributed by atoms with Gasteiger partial charge in [0.25, 0.3) is 0 Å². The molecule has 0 aliphatic carbocycles. The molecule has 4 heterocycles. The predicted molar refractivity (Wildman–Crippen MR) is 140 cm³/mol. The third-order valence-corrected chi connectivity index (χ3v) is 8.62. The maximum absolute atomic E-state index is 4.54. The molecule has 0 bridgehead atoms. The molecule has 3 aliphatic rings. The fourth-order valence-electron chi connectivity index (χ4n) is 6.72. The smallest absolute Gasteiger partial charge is 0.0971 e. The minimum absolute atomic E-state index is 0.206. The van der Waals surface area contributed by atoms with Crippen molar-refractivity contribution in [1.29, 1.82) is 0 Å². The number of nitrogens with zero attached hydrogens (tertiary/aromatic N) is 7. The average molecular weight is 472 g/mol. The highest BCUT2D eigenvalue weighted by Gasteiger charge is 2.54. The van der Waals surface area contributed by atoms with Crippen LogP contribution in [0.15, 0.2) is 54.7 Å². The Morgan fingerprint density at radius 1 is 0.914 bits per heavy atom. The van der Waals surface area contributed by atoms with Gasteiger partial charge in [0.2, 0.25) is 0 Å². The molecule has 1 aromatic heterocycles. The lowest BCUT2D eigenvalue weighted by atomic mass is 9.77. The lowest BCUT2D eigenvalue weighted by Crippen LogP contribution is -2.46. The molecule has 0 saturated carbocycles. The van der Waals surface area contributed by atoms with Crippen LogP contribution in [0.25, 0.3) is 5.69 Å². The number of aromatic nitrogens is 3. The first kappa shape index (κ1) is 22.7. The van der Waals surface area contributed by atoms with Crippen molar-refractivity contribution in [3.63, 3.8) is 0 Å². The first-order valence-corrected chi connectivity index (χ1v) is 13.1. The van der Waals surface area contributed by atoms with Gasteiger partial charge in [-0.05, 0) is 49.2 Å². The van der Waals surface area contributed by atoms with E-state index < -0.39 is 0 Å². The van der Waals surface area contributed by atoms with Crippen LogP contribution in [-0.4, -0.2) is 82.7 Å². The van der Waals surface area contributed by atoms with Crippen molar-refractivity contribution in [2.24, 2.45) is 0 Å². The number of hydrogen-bond donors (Lipinski definition) is 0. The SMILES string of the molecule is CC[C@@]12CCN(C)[C@@H]1N(C)c1ccc(-n3cc(CN4CCN(Cc5ccccc5)CC4)nn3)cc12. The number of likely N-dealkylation sites (tertiary alicyclic amines) is 1. The molecule has 184 valence electrons. The van der Waals surface area contributed by atoms with Gasteiger partial charge in [-0.2, -0.15) is 0 Å². The molecule has 3 aromatic rings. The van der Waals surface area contributed by atoms with Crippen LogP contribution in [0, 0.1) is 0 Å². The van der Waals surface area contributed by atoms with Gasteiger partial charge in [-0.15, -0.1) is 5.10 Å². The number of fused-ring (bicyclic) bond motifs is 3. The molecular weight excluding hydrogens is 434 g/mol. The topological polar surface area (TPSA) is 43.7 Å². The van der Waals surface area contributed by atoms with E-state index in [9.17, 15) is 0 Å². The number of anilines is 1. The van der Waals surface area contributed by atoms with E-state index >= 15 is 0 Å². The minimum atomic E-state index is 0.206. The van der Waals surface area contributed by atoms with Crippen LogP contribution in [0.1, 0.15) is 36.6 Å². The number of piperazine rings is 1. The highest BCUT2D eigenvalue weighted by Crippen LogP contribution is 2.53. The van der Waals surface area contributed by atoms with Crippen molar-refractivity contribution in [1.82, 2.24) is 29.7 Å². The number of hydrogen-bond acceptors (Lipinski definition) is 6. The van der Waals surface area contributed by atoms with Gasteiger partial charge in [-0.1, -0.05) is 42.5 Å². The summed E-state index contributed by atoms with van der Waals surface area (Å²) in [4.78, 5) is 10.0. The Balaban J connectivity index is 1.13. The van der Waals surface area contributed by atoms with Crippen LogP contribution in [0.4, 0.5) is 5.69 Å². The van der Waals surface area contributed by atoms with Gasteiger partial charge in [-0.3, -0.25) is 14.7 Å². The summed E-state index contributed by atoms with van der Waals surface area (Å²) >= 11 is 0. The van der Waals surface area contributed by atoms with Crippen LogP contribution in [-0.2, 0) is 18.5 Å². The fraction of sp³-hybridized carbons (Fsp3) is 0.500. The monoisotopic (exact) mass is 471 g/mol. The zero-order valence-electron chi connectivity index (χ0n) is 21.3. The molecule has 7 heteroatoms. The molecule has 35 heavy (non-hydrogen) atoms. The summed E-state index contributed by atoms with van der Waals surface area (Å²) in [5.41, 5.74) is 6.60. The van der Waals surface area contributed by atoms with Crippen molar-refractivity contribution in [2.75, 3.05) is 51.7 Å². The molecule has 7 nitrogen and oxygen atoms in total. The summed E-state index contributed by atoms with van der Waals surface area (Å²) in [6, 6.07) is 17.6. The summed E-state index contributed by atoms with van der Waals surface area (Å²) in [5, 5.41) is 9.06. The summed E-state index contributed by atoms with van der Waals surface area (Å²) in [7, 11) is 4.51. The summed E-state index contributed by atoms with van der Waals surface area (Å²) in [5.74, 6) is 0. The standard InChI is InChI=1S/C28H37N7/c1-4-28-12-13-31(2)27(28)32(3)26-11-10-24(18-25(26)28)35-21-23(29-30-35)20-34-16-14-33(15-17-34)19-22-8-6-5-7-9-22/h5-11,18,21,27H,4,12-17,19-20H2,1-3H3/t27-,28+/m1/s1. The van der Waals surface area contributed by atoms with E-state index in [1.165, 1.54) is 23.2 Å². The van der Waals surface area contributed by atoms with Gasteiger partial charge in [0.05, 0.1) is 23.7 Å². The highest BCUT2D eigenvalue weighted by atomic mass is 15.4. The lowest BCUT2D eigenvalue weighted by Gasteiger charge is -2.34. The quantitative estimate of drug-likeness (QED) is 0.549. The van der Waals surface area contributed by atoms with E-state index in [1.807, 2.05) is 4.68 Å². The van der Waals surface area contributed by atoms with E-state index in [1.54, 1.807) is 0 Å². The Morgan fingerprint density at radius 2 is 1.66 bits per heavy atom. The van der Waals surface area contributed by atoms with E-state index in [-0.39, 0.29) is 5.41 Å². The Labute approximate surface area is 208 Å². The second kappa shape index (κ2) is 9.04. The summed E-state index contributed by atoms with van der Waals surface area (Å²) in [6.07, 6.45) is 4.93. The van der Waals surface area contributed by atoms with Crippen molar-refractivity contribution in [2.45, 2.75) is 44.4 Å². The van der Waals surface area contributed by atoms with Crippen LogP contribution in [0.3, 0.4) is 0 Å². The number of rotatable bonds is 6. The van der Waals surface area contributed by atoms with Crippen LogP contribution >= 0.6 is 0 Å². The van der Waals surface area contributed by atoms with Crippen molar-refractivity contribution in [3.8, 4) is 5.69 Å². The molecule has 0 N–H and O–H groups in total. The molecule has 0 amide bonds. The van der Waals surface area contributed by atoms with Gasteiger partial charge in [-0.25, -0.2) is 4.68 Å². The molecule has 0 spiro atoms. The molecule has 2 fully saturated rings. The van der Waals surface area contributed by atoms with Crippen LogP contribution in [0.2, 0.25) is 0 Å². The molecule has 0 radical (unpaired) electrons. The van der Waals surface area contributed by atoms with Crippen LogP contribution in [0.5, 0.6) is 0 Å². The van der Waals surface area contributed by atoms with E-state index in [0.29, 0.717) is 6.17 Å². The average Bonchev–Trinajstić information content (AvgIpc) is 3.56. The van der Waals surface area contributed by atoms with Gasteiger partial charge in [0.15, 0.2) is 0 Å². The number of likely N-dealkylation sites (N-methyl/N-ethyl adjacent to an activating group) is 2. The van der Waals surface area contributed by atoms with Gasteiger partial charge in [0.1, 0.15) is 0 Å². The zero-order valence-corrected chi connectivity index (χ0v) is 21.3. The second-order valence-electron chi connectivity index (χ2n) is 10.6. The van der Waals surface area contributed by atoms with Crippen LogP contribution < -0.4 is 4.90 Å². The normalized spacial score (nSPS) is 25.2. The molecular formula is C28H37N7. The molecule has 2 atom stereocenters. The number of benzene rings is 2. The van der Waals surface area contributed by atoms with Gasteiger partial charge >= 0.3 is 0 Å². The van der Waals surface area contributed by atoms with Crippen molar-refractivity contribution >= 4 is 5.69 Å². The summed E-state index contributed by atoms with van der Waals surface area (Å²) in [6.45, 7) is 9.71. The largest absolute Gasteiger partial charge is 0.358 e. The molecule has 2 saturated heterocycles. The van der Waals surface area contributed by atoms with Gasteiger partial charge < -0.3 is 4.90 Å². The van der Waals surface area contributed by atoms with E-state index in [4.69, 9.17) is 0 Å². The molecule has 6 rings (SSSR count). The minimum Gasteiger partial charge on any atom is -0.358 e. The second-order valence-corrected chi connectivity index (χ2v) is 10.6.